The first-order chi connectivity index (χ1) is 22.4. The molecule has 0 fully saturated rings. The Balaban J connectivity index is 1.46. The fourth-order valence-electron chi connectivity index (χ4n) is 4.29. The van der Waals surface area contributed by atoms with Crippen LogP contribution in [0.1, 0.15) is 53.3 Å². The molecule has 4 rings (SSSR count). The summed E-state index contributed by atoms with van der Waals surface area (Å²) in [5.41, 5.74) is 1.49. The largest absolute Gasteiger partial charge is 0.491 e. The maximum absolute atomic E-state index is 13.0. The molecule has 0 aliphatic heterocycles. The van der Waals surface area contributed by atoms with Gasteiger partial charge in [0.05, 0.1) is 11.9 Å². The lowest BCUT2D eigenvalue weighted by atomic mass is 10.1. The summed E-state index contributed by atoms with van der Waals surface area (Å²) in [7, 11) is 0. The molecule has 0 spiro atoms. The number of alkyl halides is 3. The summed E-state index contributed by atoms with van der Waals surface area (Å²) in [6, 6.07) is 13.5. The van der Waals surface area contributed by atoms with Crippen LogP contribution < -0.4 is 16.0 Å². The van der Waals surface area contributed by atoms with Crippen molar-refractivity contribution in [3.63, 3.8) is 0 Å². The molecule has 0 aliphatic carbocycles. The highest BCUT2D eigenvalue weighted by Crippen LogP contribution is 2.26. The van der Waals surface area contributed by atoms with Gasteiger partial charge in [0.15, 0.2) is 0 Å². The molecule has 2 heterocycles. The van der Waals surface area contributed by atoms with Crippen molar-refractivity contribution in [2.75, 3.05) is 0 Å². The molecule has 0 radical (unpaired) electrons. The van der Waals surface area contributed by atoms with Crippen LogP contribution in [0.4, 0.5) is 18.0 Å². The fraction of sp³-hybridized carbons (Fsp3) is 0.258. The number of hydrogen-bond acceptors (Lipinski definition) is 9. The van der Waals surface area contributed by atoms with Crippen LogP contribution in [-0.2, 0) is 20.7 Å². The Labute approximate surface area is 265 Å². The zero-order valence-electron chi connectivity index (χ0n) is 25.0. The average Bonchev–Trinajstić information content (AvgIpc) is 3.75. The van der Waals surface area contributed by atoms with E-state index in [1.807, 2.05) is 13.8 Å². The van der Waals surface area contributed by atoms with Crippen LogP contribution in [0.2, 0.25) is 0 Å². The van der Waals surface area contributed by atoms with E-state index < -0.39 is 42.0 Å². The van der Waals surface area contributed by atoms with Crippen molar-refractivity contribution < 1.29 is 46.3 Å². The number of halogens is 3. The molecule has 4 aromatic rings. The topological polar surface area (TPSA) is 185 Å². The molecule has 2 aromatic carbocycles. The third kappa shape index (κ3) is 9.12. The third-order valence-corrected chi connectivity index (χ3v) is 6.80. The number of benzene rings is 2. The van der Waals surface area contributed by atoms with Gasteiger partial charge >= 0.3 is 24.1 Å². The smallest absolute Gasteiger partial charge is 0.431 e. The Kier molecular flexibility index (Phi) is 10.9. The Morgan fingerprint density at radius 1 is 0.915 bits per heavy atom. The highest BCUT2D eigenvalue weighted by Gasteiger charge is 2.43. The van der Waals surface area contributed by atoms with Crippen LogP contribution in [-0.4, -0.2) is 63.2 Å². The van der Waals surface area contributed by atoms with Gasteiger partial charge in [-0.15, -0.1) is 0 Å². The lowest BCUT2D eigenvalue weighted by Crippen LogP contribution is -2.45. The number of H-pyrrole nitrogens is 1. The molecule has 16 heteroatoms. The van der Waals surface area contributed by atoms with E-state index in [4.69, 9.17) is 4.42 Å². The highest BCUT2D eigenvalue weighted by atomic mass is 19.4. The van der Waals surface area contributed by atoms with Gasteiger partial charge in [-0.25, -0.2) is 19.4 Å². The number of nitrogens with zero attached hydrogens (tertiary/aromatic N) is 2. The first-order valence-electron chi connectivity index (χ1n) is 14.3. The van der Waals surface area contributed by atoms with E-state index >= 15 is 0 Å². The number of oxazole rings is 1. The number of rotatable bonds is 11. The van der Waals surface area contributed by atoms with E-state index in [0.29, 0.717) is 29.5 Å². The molecule has 1 unspecified atom stereocenters. The van der Waals surface area contributed by atoms with Gasteiger partial charge in [0, 0.05) is 23.6 Å². The number of carbonyl (C=O) groups is 5. The lowest BCUT2D eigenvalue weighted by molar-refractivity contribution is -0.202. The van der Waals surface area contributed by atoms with Gasteiger partial charge in [0.2, 0.25) is 11.7 Å². The van der Waals surface area contributed by atoms with Crippen molar-refractivity contribution in [2.45, 2.75) is 51.4 Å². The number of esters is 2. The fourth-order valence-corrected chi connectivity index (χ4v) is 4.29. The van der Waals surface area contributed by atoms with E-state index in [1.54, 1.807) is 54.6 Å². The number of urea groups is 1. The van der Waals surface area contributed by atoms with E-state index in [-0.39, 0.29) is 35.5 Å². The predicted octanol–water partition coefficient (Wildman–Crippen LogP) is 4.33. The van der Waals surface area contributed by atoms with Crippen molar-refractivity contribution in [3.05, 3.63) is 83.9 Å². The van der Waals surface area contributed by atoms with E-state index in [9.17, 15) is 37.1 Å². The van der Waals surface area contributed by atoms with Crippen molar-refractivity contribution >= 4 is 29.8 Å². The van der Waals surface area contributed by atoms with Crippen molar-refractivity contribution in [1.29, 1.82) is 0 Å². The van der Waals surface area contributed by atoms with Gasteiger partial charge < -0.3 is 19.8 Å². The molecule has 0 bridgehead atoms. The molecular formula is C31H29F3N6O7. The summed E-state index contributed by atoms with van der Waals surface area (Å²) in [5, 5.41) is 13.8. The van der Waals surface area contributed by atoms with Crippen LogP contribution in [0, 0.1) is 0 Å². The van der Waals surface area contributed by atoms with Gasteiger partial charge in [0.1, 0.15) is 11.7 Å². The Morgan fingerprint density at radius 3 is 2.30 bits per heavy atom. The molecule has 2 aromatic heterocycles. The number of aromatic nitrogens is 3. The molecule has 0 saturated heterocycles. The van der Waals surface area contributed by atoms with E-state index in [1.165, 1.54) is 6.07 Å². The summed E-state index contributed by atoms with van der Waals surface area (Å²) in [5.74, 6) is -6.15. The molecular weight excluding hydrogens is 625 g/mol. The van der Waals surface area contributed by atoms with E-state index in [0.717, 1.165) is 6.20 Å². The molecule has 246 valence electrons. The average molecular weight is 655 g/mol. The number of amides is 4. The van der Waals surface area contributed by atoms with E-state index in [2.05, 4.69) is 35.9 Å². The standard InChI is InChI=1S/C31H29F3N6O7/c1-3-20(4-2)36-30(45)38-26(42)24-16-35-27(46-24)19-12-8-11-18(14-19)21-15-22(40-39-21)25(41)37-23(13-17-9-6-5-7-10-17)28(43)47-29(44)31(32,33)34/h5-12,14-16,20,23H,3-4,13H2,1-2H3,(H,37,41)(H,39,40)(H2,36,38,42,45). The van der Waals surface area contributed by atoms with Crippen LogP contribution >= 0.6 is 0 Å². The molecule has 47 heavy (non-hydrogen) atoms. The number of aromatic amines is 1. The van der Waals surface area contributed by atoms with Gasteiger partial charge in [-0.05, 0) is 36.6 Å². The minimum Gasteiger partial charge on any atom is -0.431 e. The normalized spacial score (nSPS) is 11.9. The minimum absolute atomic E-state index is 0.0570. The molecule has 13 nitrogen and oxygen atoms in total. The summed E-state index contributed by atoms with van der Waals surface area (Å²) in [4.78, 5) is 65.5. The van der Waals surface area contributed by atoms with Crippen molar-refractivity contribution in [3.8, 4) is 22.7 Å². The zero-order valence-corrected chi connectivity index (χ0v) is 25.0. The molecule has 0 saturated carbocycles. The Bertz CT molecular complexity index is 1750. The van der Waals surface area contributed by atoms with Crippen LogP contribution in [0.15, 0.2) is 71.3 Å². The zero-order chi connectivity index (χ0) is 34.1. The summed E-state index contributed by atoms with van der Waals surface area (Å²) >= 11 is 0. The van der Waals surface area contributed by atoms with Crippen LogP contribution in [0.5, 0.6) is 0 Å². The summed E-state index contributed by atoms with van der Waals surface area (Å²) < 4.78 is 47.6. The minimum atomic E-state index is -5.41. The second-order valence-corrected chi connectivity index (χ2v) is 10.1. The number of imide groups is 1. The SMILES string of the molecule is CCC(CC)NC(=O)NC(=O)c1cnc(-c2cccc(-c3cc(C(=O)NC(Cc4ccccc4)C(=O)OC(=O)C(F)(F)F)[nH]n3)c2)o1. The second kappa shape index (κ2) is 15.0. The maximum atomic E-state index is 13.0. The predicted molar refractivity (Wildman–Crippen MR) is 158 cm³/mol. The van der Waals surface area contributed by atoms with Crippen LogP contribution in [0.3, 0.4) is 0 Å². The molecule has 4 N–H and O–H groups in total. The van der Waals surface area contributed by atoms with Crippen molar-refractivity contribution in [1.82, 2.24) is 31.1 Å². The third-order valence-electron chi connectivity index (χ3n) is 6.80. The van der Waals surface area contributed by atoms with Gasteiger partial charge in [-0.2, -0.15) is 18.3 Å². The summed E-state index contributed by atoms with van der Waals surface area (Å²) in [6.45, 7) is 3.81. The van der Waals surface area contributed by atoms with Gasteiger partial charge in [-0.1, -0.05) is 56.3 Å². The number of carbonyl (C=O) groups excluding carboxylic acids is 5. The molecule has 1 atom stereocenters. The number of nitrogens with one attached hydrogen (secondary N) is 4. The monoisotopic (exact) mass is 654 g/mol. The number of hydrogen-bond donors (Lipinski definition) is 4. The molecule has 4 amide bonds. The summed E-state index contributed by atoms with van der Waals surface area (Å²) in [6.07, 6.45) is -3.12. The van der Waals surface area contributed by atoms with Crippen molar-refractivity contribution in [2.24, 2.45) is 0 Å². The quantitative estimate of drug-likeness (QED) is 0.135. The van der Waals surface area contributed by atoms with Crippen LogP contribution in [0.25, 0.3) is 22.7 Å². The number of ether oxygens (including phenoxy) is 1. The first kappa shape index (κ1) is 34.1. The van der Waals surface area contributed by atoms with Gasteiger partial charge in [0.25, 0.3) is 11.8 Å². The van der Waals surface area contributed by atoms with Gasteiger partial charge in [-0.3, -0.25) is 20.0 Å². The Morgan fingerprint density at radius 2 is 1.62 bits per heavy atom. The Hall–Kier alpha value is -5.80. The molecule has 0 aliphatic rings. The second-order valence-electron chi connectivity index (χ2n) is 10.1. The first-order valence-corrected chi connectivity index (χ1v) is 14.3. The lowest BCUT2D eigenvalue weighted by Gasteiger charge is -2.17. The highest BCUT2D eigenvalue weighted by molar-refractivity contribution is 6.02. The maximum Gasteiger partial charge on any atom is 0.491 e.